The number of hydrogen-bond acceptors (Lipinski definition) is 4. The molecule has 1 atom stereocenters. The highest BCUT2D eigenvalue weighted by molar-refractivity contribution is 6.10. The molecule has 1 amide bonds. The summed E-state index contributed by atoms with van der Waals surface area (Å²) in [4.78, 5) is 27.3. The predicted octanol–water partition coefficient (Wildman–Crippen LogP) is 3.90. The van der Waals surface area contributed by atoms with Crippen molar-refractivity contribution >= 4 is 11.7 Å². The van der Waals surface area contributed by atoms with Crippen LogP contribution in [0.1, 0.15) is 37.9 Å². The van der Waals surface area contributed by atoms with E-state index in [1.165, 1.54) is 17.0 Å². The van der Waals surface area contributed by atoms with Crippen LogP contribution in [0, 0.1) is 5.41 Å². The van der Waals surface area contributed by atoms with Crippen LogP contribution in [0.25, 0.3) is 0 Å². The van der Waals surface area contributed by atoms with Crippen molar-refractivity contribution in [3.05, 3.63) is 77.1 Å². The Morgan fingerprint density at radius 2 is 1.70 bits per heavy atom. The van der Waals surface area contributed by atoms with Crippen LogP contribution in [0.3, 0.4) is 0 Å². The average Bonchev–Trinajstić information content (AvgIpc) is 2.86. The van der Waals surface area contributed by atoms with Gasteiger partial charge in [0.25, 0.3) is 5.91 Å². The Labute approximate surface area is 158 Å². The fourth-order valence-corrected chi connectivity index (χ4v) is 3.27. The normalized spacial score (nSPS) is 17.5. The van der Waals surface area contributed by atoms with Gasteiger partial charge in [0.15, 0.2) is 11.5 Å². The lowest BCUT2D eigenvalue weighted by atomic mass is 9.82. The zero-order chi connectivity index (χ0) is 19.8. The van der Waals surface area contributed by atoms with Gasteiger partial charge < -0.3 is 15.1 Å². The van der Waals surface area contributed by atoms with Gasteiger partial charge in [-0.05, 0) is 23.3 Å². The predicted molar refractivity (Wildman–Crippen MR) is 102 cm³/mol. The van der Waals surface area contributed by atoms with E-state index in [4.69, 9.17) is 0 Å². The molecular weight excluding hydrogens is 342 g/mol. The minimum Gasteiger partial charge on any atom is -0.508 e. The average molecular weight is 365 g/mol. The van der Waals surface area contributed by atoms with Crippen molar-refractivity contribution in [2.45, 2.75) is 33.4 Å². The first-order chi connectivity index (χ1) is 12.7. The Kier molecular flexibility index (Phi) is 4.79. The molecule has 5 nitrogen and oxygen atoms in total. The number of amides is 1. The highest BCUT2D eigenvalue weighted by Crippen LogP contribution is 2.42. The summed E-state index contributed by atoms with van der Waals surface area (Å²) in [5, 5.41) is 20.4. The van der Waals surface area contributed by atoms with Crippen LogP contribution in [0.15, 0.2) is 65.9 Å². The van der Waals surface area contributed by atoms with E-state index in [-0.39, 0.29) is 23.7 Å². The zero-order valence-electron chi connectivity index (χ0n) is 15.6. The SMILES string of the molecule is CC(C)(C)C(=O)C1=C(O)C(=O)N(Cc2ccccc2)C1c1cccc(O)c1. The van der Waals surface area contributed by atoms with E-state index < -0.39 is 23.1 Å². The highest BCUT2D eigenvalue weighted by atomic mass is 16.3. The molecule has 1 heterocycles. The Hall–Kier alpha value is -3.08. The molecule has 5 heteroatoms. The lowest BCUT2D eigenvalue weighted by Gasteiger charge is -2.29. The molecule has 27 heavy (non-hydrogen) atoms. The number of nitrogens with zero attached hydrogens (tertiary/aromatic N) is 1. The summed E-state index contributed by atoms with van der Waals surface area (Å²) >= 11 is 0. The summed E-state index contributed by atoms with van der Waals surface area (Å²) in [5.41, 5.74) is 0.778. The van der Waals surface area contributed by atoms with Gasteiger partial charge in [-0.25, -0.2) is 0 Å². The minimum atomic E-state index is -0.762. The Morgan fingerprint density at radius 3 is 2.30 bits per heavy atom. The van der Waals surface area contributed by atoms with Crippen molar-refractivity contribution in [2.24, 2.45) is 5.41 Å². The topological polar surface area (TPSA) is 77.8 Å². The number of hydrogen-bond donors (Lipinski definition) is 2. The van der Waals surface area contributed by atoms with Crippen LogP contribution < -0.4 is 0 Å². The zero-order valence-corrected chi connectivity index (χ0v) is 15.6. The summed E-state index contributed by atoms with van der Waals surface area (Å²) in [7, 11) is 0. The number of phenols is 1. The van der Waals surface area contributed by atoms with E-state index in [2.05, 4.69) is 0 Å². The molecule has 0 saturated heterocycles. The van der Waals surface area contributed by atoms with Crippen LogP contribution in [0.4, 0.5) is 0 Å². The highest BCUT2D eigenvalue weighted by Gasteiger charge is 2.45. The number of carbonyl (C=O) groups excluding carboxylic acids is 2. The van der Waals surface area contributed by atoms with Gasteiger partial charge in [-0.3, -0.25) is 9.59 Å². The third-order valence-electron chi connectivity index (χ3n) is 4.61. The molecule has 2 aromatic carbocycles. The molecule has 140 valence electrons. The fraction of sp³-hybridized carbons (Fsp3) is 0.273. The van der Waals surface area contributed by atoms with Crippen LogP contribution >= 0.6 is 0 Å². The molecule has 0 bridgehead atoms. The van der Waals surface area contributed by atoms with Gasteiger partial charge in [0.05, 0.1) is 11.6 Å². The van der Waals surface area contributed by atoms with Crippen LogP contribution in [-0.2, 0) is 16.1 Å². The van der Waals surface area contributed by atoms with E-state index in [1.54, 1.807) is 32.9 Å². The molecule has 0 saturated carbocycles. The van der Waals surface area contributed by atoms with Crippen molar-refractivity contribution in [1.29, 1.82) is 0 Å². The number of rotatable bonds is 4. The van der Waals surface area contributed by atoms with Gasteiger partial charge in [-0.15, -0.1) is 0 Å². The second-order valence-corrected chi connectivity index (χ2v) is 7.76. The van der Waals surface area contributed by atoms with Crippen molar-refractivity contribution in [3.8, 4) is 5.75 Å². The number of Topliss-reactive ketones (excluding diaryl/α,β-unsaturated/α-hetero) is 1. The van der Waals surface area contributed by atoms with Crippen molar-refractivity contribution in [1.82, 2.24) is 4.90 Å². The molecule has 0 spiro atoms. The van der Waals surface area contributed by atoms with Crippen LogP contribution in [0.2, 0.25) is 0 Å². The molecule has 3 rings (SSSR count). The lowest BCUT2D eigenvalue weighted by Crippen LogP contribution is -2.32. The summed E-state index contributed by atoms with van der Waals surface area (Å²) < 4.78 is 0. The van der Waals surface area contributed by atoms with E-state index in [1.807, 2.05) is 30.3 Å². The minimum absolute atomic E-state index is 0.0357. The molecule has 0 fully saturated rings. The first kappa shape index (κ1) is 18.7. The molecule has 2 aromatic rings. The monoisotopic (exact) mass is 365 g/mol. The number of phenolic OH excluding ortho intramolecular Hbond substituents is 1. The summed E-state index contributed by atoms with van der Waals surface area (Å²) in [6.07, 6.45) is 0. The number of aromatic hydroxyl groups is 1. The Balaban J connectivity index is 2.11. The van der Waals surface area contributed by atoms with Crippen molar-refractivity contribution in [2.75, 3.05) is 0 Å². The number of ketones is 1. The molecule has 1 aliphatic rings. The maximum Gasteiger partial charge on any atom is 0.290 e. The molecule has 0 aromatic heterocycles. The smallest absolute Gasteiger partial charge is 0.290 e. The van der Waals surface area contributed by atoms with Gasteiger partial charge in [0.2, 0.25) is 0 Å². The standard InChI is InChI=1S/C22H23NO4/c1-22(2,3)20(26)17-18(15-10-7-11-16(24)12-15)23(21(27)19(17)25)13-14-8-5-4-6-9-14/h4-12,18,24-25H,13H2,1-3H3. The second-order valence-electron chi connectivity index (χ2n) is 7.76. The number of aliphatic hydroxyl groups is 1. The second kappa shape index (κ2) is 6.91. The quantitative estimate of drug-likeness (QED) is 0.861. The van der Waals surface area contributed by atoms with Crippen LogP contribution in [0.5, 0.6) is 5.75 Å². The lowest BCUT2D eigenvalue weighted by molar-refractivity contribution is -0.130. The van der Waals surface area contributed by atoms with E-state index in [9.17, 15) is 19.8 Å². The maximum absolute atomic E-state index is 13.0. The summed E-state index contributed by atoms with van der Waals surface area (Å²) in [6.45, 7) is 5.49. The van der Waals surface area contributed by atoms with Crippen molar-refractivity contribution < 1.29 is 19.8 Å². The van der Waals surface area contributed by atoms with Crippen LogP contribution in [-0.4, -0.2) is 26.8 Å². The Morgan fingerprint density at radius 1 is 1.04 bits per heavy atom. The van der Waals surface area contributed by atoms with E-state index >= 15 is 0 Å². The molecular formula is C22H23NO4. The van der Waals surface area contributed by atoms with Gasteiger partial charge in [0.1, 0.15) is 5.75 Å². The fourth-order valence-electron chi connectivity index (χ4n) is 3.27. The van der Waals surface area contributed by atoms with E-state index in [0.717, 1.165) is 5.56 Å². The molecule has 2 N–H and O–H groups in total. The number of benzene rings is 2. The van der Waals surface area contributed by atoms with Crippen molar-refractivity contribution in [3.63, 3.8) is 0 Å². The summed E-state index contributed by atoms with van der Waals surface area (Å²) in [6, 6.07) is 15.1. The van der Waals surface area contributed by atoms with E-state index in [0.29, 0.717) is 5.56 Å². The van der Waals surface area contributed by atoms with Gasteiger partial charge in [-0.1, -0.05) is 63.2 Å². The molecule has 0 aliphatic carbocycles. The van der Waals surface area contributed by atoms with Gasteiger partial charge in [-0.2, -0.15) is 0 Å². The Bertz CT molecular complexity index is 909. The third-order valence-corrected chi connectivity index (χ3v) is 4.61. The molecule has 0 radical (unpaired) electrons. The number of aliphatic hydroxyl groups excluding tert-OH is 1. The maximum atomic E-state index is 13.0. The molecule has 1 aliphatic heterocycles. The van der Waals surface area contributed by atoms with Gasteiger partial charge in [0, 0.05) is 12.0 Å². The number of carbonyl (C=O) groups is 2. The van der Waals surface area contributed by atoms with Gasteiger partial charge >= 0.3 is 0 Å². The first-order valence-corrected chi connectivity index (χ1v) is 8.82. The summed E-state index contributed by atoms with van der Waals surface area (Å²) in [5.74, 6) is -1.36. The molecule has 1 unspecified atom stereocenters. The first-order valence-electron chi connectivity index (χ1n) is 8.82. The third kappa shape index (κ3) is 3.58. The largest absolute Gasteiger partial charge is 0.508 e.